The number of aryl methyl sites for hydroxylation is 1. The van der Waals surface area contributed by atoms with Gasteiger partial charge in [0.1, 0.15) is 0 Å². The normalized spacial score (nSPS) is 9.75. The average Bonchev–Trinajstić information content (AvgIpc) is 2.46. The molecule has 64 valence electrons. The van der Waals surface area contributed by atoms with Gasteiger partial charge in [-0.25, -0.2) is 14.8 Å². The fourth-order valence-corrected chi connectivity index (χ4v) is 0.924. The van der Waals surface area contributed by atoms with Crippen molar-refractivity contribution in [1.29, 1.82) is 0 Å². The summed E-state index contributed by atoms with van der Waals surface area (Å²) in [4.78, 5) is 17.8. The summed E-state index contributed by atoms with van der Waals surface area (Å²) in [6.07, 6.45) is 1.44. The fraction of sp³-hybridized carbons (Fsp3) is 0.286. The molecule has 0 radical (unpaired) electrons. The first-order valence-electron chi connectivity index (χ1n) is 3.45. The number of carbonyl (C=O) groups is 1. The predicted molar refractivity (Wildman–Crippen MR) is 44.1 cm³/mol. The second kappa shape index (κ2) is 3.17. The van der Waals surface area contributed by atoms with Crippen LogP contribution in [0.3, 0.4) is 0 Å². The molecule has 0 spiro atoms. The Morgan fingerprint density at radius 1 is 1.92 bits per heavy atom. The highest BCUT2D eigenvalue weighted by Crippen LogP contribution is 2.16. The Morgan fingerprint density at radius 2 is 2.58 bits per heavy atom. The van der Waals surface area contributed by atoms with E-state index in [2.05, 4.69) is 16.7 Å². The van der Waals surface area contributed by atoms with Crippen LogP contribution in [0.25, 0.3) is 0 Å². The van der Waals surface area contributed by atoms with Gasteiger partial charge in [-0.1, -0.05) is 0 Å². The zero-order valence-corrected chi connectivity index (χ0v) is 6.69. The molecule has 1 rings (SSSR count). The minimum atomic E-state index is -1.08. The van der Waals surface area contributed by atoms with Crippen LogP contribution in [0.5, 0.6) is 0 Å². The van der Waals surface area contributed by atoms with Gasteiger partial charge in [0, 0.05) is 6.54 Å². The molecule has 5 nitrogen and oxygen atoms in total. The lowest BCUT2D eigenvalue weighted by molar-refractivity contribution is 0.0692. The van der Waals surface area contributed by atoms with Crippen molar-refractivity contribution in [3.63, 3.8) is 0 Å². The van der Waals surface area contributed by atoms with E-state index in [1.54, 1.807) is 4.57 Å². The summed E-state index contributed by atoms with van der Waals surface area (Å²) < 4.78 is 1.62. The summed E-state index contributed by atoms with van der Waals surface area (Å²) in [5.74, 6) is -0.769. The molecular weight excluding hydrogens is 158 g/mol. The molecule has 1 aromatic rings. The molecule has 0 aliphatic rings. The molecule has 5 heteroatoms. The van der Waals surface area contributed by atoms with Gasteiger partial charge in [0.15, 0.2) is 11.5 Å². The Balaban J connectivity index is 3.22. The van der Waals surface area contributed by atoms with Crippen LogP contribution in [-0.4, -0.2) is 27.3 Å². The maximum absolute atomic E-state index is 10.5. The van der Waals surface area contributed by atoms with E-state index in [9.17, 15) is 4.79 Å². The summed E-state index contributed by atoms with van der Waals surface area (Å²) in [6, 6.07) is 0. The first kappa shape index (κ1) is 8.45. The topological polar surface area (TPSA) is 67.5 Å². The van der Waals surface area contributed by atoms with Gasteiger partial charge in [-0.3, -0.25) is 0 Å². The lowest BCUT2D eigenvalue weighted by Gasteiger charge is -1.98. The van der Waals surface area contributed by atoms with Gasteiger partial charge >= 0.3 is 5.97 Å². The molecule has 1 heterocycles. The Bertz CT molecular complexity index is 316. The van der Waals surface area contributed by atoms with Gasteiger partial charge in [-0.05, 0) is 13.6 Å². The number of carboxylic acid groups (broad SMARTS) is 1. The van der Waals surface area contributed by atoms with E-state index >= 15 is 0 Å². The van der Waals surface area contributed by atoms with Gasteiger partial charge in [-0.2, -0.15) is 0 Å². The summed E-state index contributed by atoms with van der Waals surface area (Å²) in [5.41, 5.74) is -0.0492. The van der Waals surface area contributed by atoms with Crippen molar-refractivity contribution in [2.24, 2.45) is 4.99 Å². The number of nitrogens with zero attached hydrogens (tertiary/aromatic N) is 3. The van der Waals surface area contributed by atoms with Crippen molar-refractivity contribution in [2.45, 2.75) is 13.5 Å². The maximum Gasteiger partial charge on any atom is 0.358 e. The van der Waals surface area contributed by atoms with Crippen LogP contribution in [0, 0.1) is 0 Å². The van der Waals surface area contributed by atoms with Crippen LogP contribution in [-0.2, 0) is 6.54 Å². The lowest BCUT2D eigenvalue weighted by Crippen LogP contribution is -1.98. The molecule has 0 aromatic carbocycles. The van der Waals surface area contributed by atoms with Crippen molar-refractivity contribution in [3.05, 3.63) is 12.0 Å². The van der Waals surface area contributed by atoms with Gasteiger partial charge in [0.05, 0.1) is 6.33 Å². The molecule has 0 unspecified atom stereocenters. The van der Waals surface area contributed by atoms with E-state index in [0.717, 1.165) is 0 Å². The van der Waals surface area contributed by atoms with Crippen LogP contribution in [0.15, 0.2) is 11.3 Å². The van der Waals surface area contributed by atoms with Gasteiger partial charge < -0.3 is 9.67 Å². The molecule has 0 fully saturated rings. The maximum atomic E-state index is 10.5. The quantitative estimate of drug-likeness (QED) is 0.681. The van der Waals surface area contributed by atoms with Crippen LogP contribution in [0.1, 0.15) is 17.4 Å². The highest BCUT2D eigenvalue weighted by atomic mass is 16.4. The summed E-state index contributed by atoms with van der Waals surface area (Å²) in [6.45, 7) is 5.79. The number of aromatic nitrogens is 2. The lowest BCUT2D eigenvalue weighted by atomic mass is 10.4. The van der Waals surface area contributed by atoms with Gasteiger partial charge in [0.2, 0.25) is 0 Å². The Labute approximate surface area is 69.4 Å². The monoisotopic (exact) mass is 167 g/mol. The second-order valence-electron chi connectivity index (χ2n) is 2.17. The Kier molecular flexibility index (Phi) is 2.23. The summed E-state index contributed by atoms with van der Waals surface area (Å²) in [5, 5.41) is 8.64. The van der Waals surface area contributed by atoms with E-state index < -0.39 is 5.97 Å². The SMILES string of the molecule is C=Nc1c(C(=O)O)ncn1CC. The standard InChI is InChI=1S/C7H9N3O2/c1-3-10-4-9-5(7(11)12)6(10)8-2/h4H,2-3H2,1H3,(H,11,12). The van der Waals surface area contributed by atoms with E-state index in [4.69, 9.17) is 5.11 Å². The van der Waals surface area contributed by atoms with Crippen molar-refractivity contribution in [2.75, 3.05) is 0 Å². The van der Waals surface area contributed by atoms with Crippen LogP contribution >= 0.6 is 0 Å². The number of aromatic carboxylic acids is 1. The Hall–Kier alpha value is -1.65. The fourth-order valence-electron chi connectivity index (χ4n) is 0.924. The third-order valence-electron chi connectivity index (χ3n) is 1.50. The molecule has 0 saturated carbocycles. The molecule has 0 aliphatic heterocycles. The largest absolute Gasteiger partial charge is 0.476 e. The smallest absolute Gasteiger partial charge is 0.358 e. The van der Waals surface area contributed by atoms with Crippen LogP contribution in [0.4, 0.5) is 5.82 Å². The summed E-state index contributed by atoms with van der Waals surface area (Å²) in [7, 11) is 0. The van der Waals surface area contributed by atoms with Crippen molar-refractivity contribution in [3.8, 4) is 0 Å². The molecule has 0 bridgehead atoms. The van der Waals surface area contributed by atoms with Crippen LogP contribution in [0.2, 0.25) is 0 Å². The Morgan fingerprint density at radius 3 is 3.00 bits per heavy atom. The number of hydrogen-bond acceptors (Lipinski definition) is 3. The second-order valence-corrected chi connectivity index (χ2v) is 2.17. The van der Waals surface area contributed by atoms with Gasteiger partial charge in [-0.15, -0.1) is 0 Å². The van der Waals surface area contributed by atoms with E-state index in [1.165, 1.54) is 6.33 Å². The number of carboxylic acids is 1. The average molecular weight is 167 g/mol. The number of imidazole rings is 1. The first-order chi connectivity index (χ1) is 5.70. The third kappa shape index (κ3) is 1.20. The molecule has 0 amide bonds. The molecular formula is C7H9N3O2. The van der Waals surface area contributed by atoms with E-state index in [-0.39, 0.29) is 5.69 Å². The van der Waals surface area contributed by atoms with Gasteiger partial charge in [0.25, 0.3) is 0 Å². The molecule has 0 aliphatic carbocycles. The minimum absolute atomic E-state index is 0.0492. The van der Waals surface area contributed by atoms with Crippen molar-refractivity contribution < 1.29 is 9.90 Å². The molecule has 12 heavy (non-hydrogen) atoms. The van der Waals surface area contributed by atoms with Crippen molar-refractivity contribution >= 4 is 18.5 Å². The number of hydrogen-bond donors (Lipinski definition) is 1. The molecule has 1 N–H and O–H groups in total. The zero-order chi connectivity index (χ0) is 9.14. The minimum Gasteiger partial charge on any atom is -0.476 e. The first-order valence-corrected chi connectivity index (χ1v) is 3.45. The highest BCUT2D eigenvalue weighted by Gasteiger charge is 2.14. The van der Waals surface area contributed by atoms with Crippen LogP contribution < -0.4 is 0 Å². The predicted octanol–water partition coefficient (Wildman–Crippen LogP) is 0.933. The molecule has 0 saturated heterocycles. The summed E-state index contributed by atoms with van der Waals surface area (Å²) >= 11 is 0. The molecule has 1 aromatic heterocycles. The zero-order valence-electron chi connectivity index (χ0n) is 6.69. The number of rotatable bonds is 3. The van der Waals surface area contributed by atoms with Crippen molar-refractivity contribution in [1.82, 2.24) is 9.55 Å². The molecule has 0 atom stereocenters. The third-order valence-corrected chi connectivity index (χ3v) is 1.50. The van der Waals surface area contributed by atoms with E-state index in [0.29, 0.717) is 12.4 Å². The van der Waals surface area contributed by atoms with E-state index in [1.807, 2.05) is 6.92 Å². The highest BCUT2D eigenvalue weighted by molar-refractivity contribution is 5.90. The number of aliphatic imine (C=N–C) groups is 1.